The number of hydrogen-bond acceptors (Lipinski definition) is 2. The molecule has 0 aromatic heterocycles. The zero-order valence-electron chi connectivity index (χ0n) is 10.9. The normalized spacial score (nSPS) is 20.1. The van der Waals surface area contributed by atoms with E-state index in [0.29, 0.717) is 17.4 Å². The van der Waals surface area contributed by atoms with Gasteiger partial charge < -0.3 is 10.2 Å². The van der Waals surface area contributed by atoms with Crippen LogP contribution >= 0.6 is 11.6 Å². The van der Waals surface area contributed by atoms with Gasteiger partial charge in [0.15, 0.2) is 0 Å². The van der Waals surface area contributed by atoms with Gasteiger partial charge in [0, 0.05) is 23.7 Å². The minimum absolute atomic E-state index is 0.0840. The number of carbonyl (C=O) groups is 1. The lowest BCUT2D eigenvalue weighted by Crippen LogP contribution is -2.19. The van der Waals surface area contributed by atoms with E-state index in [1.54, 1.807) is 0 Å². The van der Waals surface area contributed by atoms with Crippen molar-refractivity contribution in [1.29, 1.82) is 0 Å². The van der Waals surface area contributed by atoms with E-state index in [1.807, 2.05) is 25.1 Å². The van der Waals surface area contributed by atoms with E-state index < -0.39 is 0 Å². The van der Waals surface area contributed by atoms with Crippen molar-refractivity contribution in [1.82, 2.24) is 4.90 Å². The van der Waals surface area contributed by atoms with Gasteiger partial charge >= 0.3 is 0 Å². The van der Waals surface area contributed by atoms with Gasteiger partial charge in [0.05, 0.1) is 0 Å². The summed E-state index contributed by atoms with van der Waals surface area (Å²) >= 11 is 6.03. The molecule has 1 aromatic rings. The third-order valence-electron chi connectivity index (χ3n) is 3.50. The first kappa shape index (κ1) is 13.4. The largest absolute Gasteiger partial charge is 0.326 e. The minimum Gasteiger partial charge on any atom is -0.326 e. The van der Waals surface area contributed by atoms with E-state index in [9.17, 15) is 4.79 Å². The van der Waals surface area contributed by atoms with Gasteiger partial charge in [0.1, 0.15) is 0 Å². The molecule has 1 fully saturated rings. The van der Waals surface area contributed by atoms with Crippen LogP contribution in [-0.4, -0.2) is 30.9 Å². The van der Waals surface area contributed by atoms with Gasteiger partial charge in [-0.25, -0.2) is 0 Å². The van der Waals surface area contributed by atoms with Crippen LogP contribution in [0.15, 0.2) is 18.2 Å². The molecule has 18 heavy (non-hydrogen) atoms. The minimum atomic E-state index is 0.0840. The SMILES string of the molecule is Cc1c(Cl)cccc1NC(=O)CC1CCN(C)C1. The van der Waals surface area contributed by atoms with E-state index in [-0.39, 0.29) is 5.91 Å². The van der Waals surface area contributed by atoms with E-state index in [2.05, 4.69) is 17.3 Å². The highest BCUT2D eigenvalue weighted by molar-refractivity contribution is 6.31. The molecule has 1 N–H and O–H groups in total. The van der Waals surface area contributed by atoms with Gasteiger partial charge in [-0.15, -0.1) is 0 Å². The molecule has 98 valence electrons. The Kier molecular flexibility index (Phi) is 4.25. The average molecular weight is 267 g/mol. The summed E-state index contributed by atoms with van der Waals surface area (Å²) in [5.41, 5.74) is 1.75. The lowest BCUT2D eigenvalue weighted by molar-refractivity contribution is -0.117. The number of anilines is 1. The summed E-state index contributed by atoms with van der Waals surface area (Å²) in [4.78, 5) is 14.2. The molecule has 2 rings (SSSR count). The summed E-state index contributed by atoms with van der Waals surface area (Å²) in [5, 5.41) is 3.64. The van der Waals surface area contributed by atoms with Crippen LogP contribution in [0.5, 0.6) is 0 Å². The van der Waals surface area contributed by atoms with Crippen LogP contribution in [0.2, 0.25) is 5.02 Å². The molecule has 0 saturated carbocycles. The molecule has 1 aromatic carbocycles. The molecule has 1 saturated heterocycles. The number of nitrogens with one attached hydrogen (secondary N) is 1. The first-order valence-electron chi connectivity index (χ1n) is 6.30. The third kappa shape index (κ3) is 3.24. The second-order valence-corrected chi connectivity index (χ2v) is 5.49. The van der Waals surface area contributed by atoms with Gasteiger partial charge in [-0.3, -0.25) is 4.79 Å². The van der Waals surface area contributed by atoms with E-state index in [1.165, 1.54) is 0 Å². The molecule has 3 nitrogen and oxygen atoms in total. The third-order valence-corrected chi connectivity index (χ3v) is 3.91. The van der Waals surface area contributed by atoms with Crippen molar-refractivity contribution in [2.75, 3.05) is 25.5 Å². The molecule has 0 spiro atoms. The zero-order valence-corrected chi connectivity index (χ0v) is 11.6. The smallest absolute Gasteiger partial charge is 0.224 e. The fourth-order valence-corrected chi connectivity index (χ4v) is 2.57. The Bertz CT molecular complexity index is 447. The Morgan fingerprint density at radius 3 is 3.00 bits per heavy atom. The fraction of sp³-hybridized carbons (Fsp3) is 0.500. The number of carbonyl (C=O) groups excluding carboxylic acids is 1. The number of likely N-dealkylation sites (tertiary alicyclic amines) is 1. The molecule has 4 heteroatoms. The predicted molar refractivity (Wildman–Crippen MR) is 75.0 cm³/mol. The van der Waals surface area contributed by atoms with Crippen molar-refractivity contribution in [2.45, 2.75) is 19.8 Å². The van der Waals surface area contributed by atoms with Gasteiger partial charge in [0.25, 0.3) is 0 Å². The van der Waals surface area contributed by atoms with Crippen molar-refractivity contribution in [3.63, 3.8) is 0 Å². The van der Waals surface area contributed by atoms with Crippen molar-refractivity contribution < 1.29 is 4.79 Å². The quantitative estimate of drug-likeness (QED) is 0.912. The van der Waals surface area contributed by atoms with Crippen molar-refractivity contribution in [3.8, 4) is 0 Å². The Morgan fingerprint density at radius 1 is 1.56 bits per heavy atom. The van der Waals surface area contributed by atoms with Crippen LogP contribution < -0.4 is 5.32 Å². The number of nitrogens with zero attached hydrogens (tertiary/aromatic N) is 1. The van der Waals surface area contributed by atoms with E-state index in [0.717, 1.165) is 30.8 Å². The van der Waals surface area contributed by atoms with Crippen LogP contribution in [0, 0.1) is 12.8 Å². The maximum Gasteiger partial charge on any atom is 0.224 e. The zero-order chi connectivity index (χ0) is 13.1. The molecule has 0 aliphatic carbocycles. The van der Waals surface area contributed by atoms with Crippen molar-refractivity contribution >= 4 is 23.2 Å². The van der Waals surface area contributed by atoms with Gasteiger partial charge in [-0.1, -0.05) is 17.7 Å². The van der Waals surface area contributed by atoms with Gasteiger partial charge in [-0.2, -0.15) is 0 Å². The molecule has 1 aliphatic rings. The highest BCUT2D eigenvalue weighted by atomic mass is 35.5. The first-order chi connectivity index (χ1) is 8.56. The Hall–Kier alpha value is -1.06. The topological polar surface area (TPSA) is 32.3 Å². The monoisotopic (exact) mass is 266 g/mol. The molecule has 1 amide bonds. The Balaban J connectivity index is 1.93. The molecular weight excluding hydrogens is 248 g/mol. The highest BCUT2D eigenvalue weighted by Crippen LogP contribution is 2.24. The second kappa shape index (κ2) is 5.72. The molecular formula is C14H19ClN2O. The lowest BCUT2D eigenvalue weighted by Gasteiger charge is -2.12. The van der Waals surface area contributed by atoms with Crippen LogP contribution in [0.1, 0.15) is 18.4 Å². The van der Waals surface area contributed by atoms with E-state index in [4.69, 9.17) is 11.6 Å². The summed E-state index contributed by atoms with van der Waals surface area (Å²) < 4.78 is 0. The van der Waals surface area contributed by atoms with Crippen LogP contribution in [0.4, 0.5) is 5.69 Å². The predicted octanol–water partition coefficient (Wildman–Crippen LogP) is 2.93. The summed E-state index contributed by atoms with van der Waals surface area (Å²) in [6.45, 7) is 4.03. The molecule has 1 aliphatic heterocycles. The summed E-state index contributed by atoms with van der Waals surface area (Å²) in [6, 6.07) is 5.58. The maximum absolute atomic E-state index is 12.0. The highest BCUT2D eigenvalue weighted by Gasteiger charge is 2.22. The van der Waals surface area contributed by atoms with Crippen LogP contribution in [0.3, 0.4) is 0 Å². The maximum atomic E-state index is 12.0. The number of amides is 1. The van der Waals surface area contributed by atoms with Crippen molar-refractivity contribution in [2.24, 2.45) is 5.92 Å². The van der Waals surface area contributed by atoms with Crippen LogP contribution in [-0.2, 0) is 4.79 Å². The van der Waals surface area contributed by atoms with Crippen molar-refractivity contribution in [3.05, 3.63) is 28.8 Å². The second-order valence-electron chi connectivity index (χ2n) is 5.08. The summed E-state index contributed by atoms with van der Waals surface area (Å²) in [7, 11) is 2.10. The molecule has 0 radical (unpaired) electrons. The molecule has 1 heterocycles. The standard InChI is InChI=1S/C14H19ClN2O/c1-10-12(15)4-3-5-13(10)16-14(18)8-11-6-7-17(2)9-11/h3-5,11H,6-9H2,1-2H3,(H,16,18). The van der Waals surface area contributed by atoms with E-state index >= 15 is 0 Å². The number of halogens is 1. The van der Waals surface area contributed by atoms with Gasteiger partial charge in [-0.05, 0) is 50.6 Å². The summed E-state index contributed by atoms with van der Waals surface area (Å²) in [5.74, 6) is 0.565. The average Bonchev–Trinajstić information content (AvgIpc) is 2.70. The number of benzene rings is 1. The fourth-order valence-electron chi connectivity index (χ4n) is 2.40. The first-order valence-corrected chi connectivity index (χ1v) is 6.67. The Labute approximate surface area is 113 Å². The lowest BCUT2D eigenvalue weighted by atomic mass is 10.0. The molecule has 1 atom stereocenters. The Morgan fingerprint density at radius 2 is 2.33 bits per heavy atom. The molecule has 0 bridgehead atoms. The van der Waals surface area contributed by atoms with Crippen LogP contribution in [0.25, 0.3) is 0 Å². The number of hydrogen-bond donors (Lipinski definition) is 1. The number of rotatable bonds is 3. The summed E-state index contributed by atoms with van der Waals surface area (Å²) in [6.07, 6.45) is 1.70. The van der Waals surface area contributed by atoms with Gasteiger partial charge in [0.2, 0.25) is 5.91 Å². The molecule has 1 unspecified atom stereocenters.